The van der Waals surface area contributed by atoms with Crippen molar-refractivity contribution in [1.82, 2.24) is 0 Å². The molecule has 0 aliphatic carbocycles. The molecule has 0 aromatic heterocycles. The topological polar surface area (TPSA) is 43.0 Å². The Labute approximate surface area is 121 Å². The maximum absolute atomic E-state index is 5.47. The van der Waals surface area contributed by atoms with Crippen molar-refractivity contribution in [3.05, 3.63) is 24.3 Å². The number of hydrogen-bond donors (Lipinski definition) is 1. The van der Waals surface area contributed by atoms with E-state index in [2.05, 4.69) is 28.4 Å². The van der Waals surface area contributed by atoms with Gasteiger partial charge in [0.15, 0.2) is 0 Å². The lowest BCUT2D eigenvalue weighted by Gasteiger charge is -2.14. The Hall–Kier alpha value is -1.30. The van der Waals surface area contributed by atoms with E-state index >= 15 is 0 Å². The van der Waals surface area contributed by atoms with Gasteiger partial charge in [-0.2, -0.15) is 0 Å². The molecule has 0 atom stereocenters. The first-order valence-corrected chi connectivity index (χ1v) is 6.89. The number of nitrogens with one attached hydrogen (secondary N) is 1. The van der Waals surface area contributed by atoms with E-state index in [4.69, 9.17) is 14.2 Å². The highest BCUT2D eigenvalue weighted by molar-refractivity contribution is 5.57. The summed E-state index contributed by atoms with van der Waals surface area (Å²) in [6.45, 7) is 3.93. The van der Waals surface area contributed by atoms with Gasteiger partial charge in [0.2, 0.25) is 0 Å². The van der Waals surface area contributed by atoms with Crippen molar-refractivity contribution in [2.24, 2.45) is 0 Å². The second-order valence-electron chi connectivity index (χ2n) is 4.59. The molecular weight excluding hydrogens is 256 g/mol. The van der Waals surface area contributed by atoms with E-state index < -0.39 is 0 Å². The Morgan fingerprint density at radius 3 is 2.40 bits per heavy atom. The zero-order valence-corrected chi connectivity index (χ0v) is 12.7. The molecule has 0 aliphatic rings. The predicted octanol–water partition coefficient (Wildman–Crippen LogP) is 1.84. The zero-order valence-electron chi connectivity index (χ0n) is 12.7. The van der Waals surface area contributed by atoms with Crippen LogP contribution in [0.15, 0.2) is 24.3 Å². The number of nitrogens with zero attached hydrogens (tertiary/aromatic N) is 1. The summed E-state index contributed by atoms with van der Waals surface area (Å²) < 4.78 is 15.7. The summed E-state index contributed by atoms with van der Waals surface area (Å²) in [6.07, 6.45) is 0. The van der Waals surface area contributed by atoms with Gasteiger partial charge in [-0.25, -0.2) is 0 Å². The monoisotopic (exact) mass is 282 g/mol. The standard InChI is InChI=1S/C15H26N2O3/c1-17(2)15-6-4-5-14(13-15)16-7-8-19-11-12-20-10-9-18-3/h4-6,13,16H,7-12H2,1-3H3. The van der Waals surface area contributed by atoms with Crippen molar-refractivity contribution < 1.29 is 14.2 Å². The molecule has 0 bridgehead atoms. The summed E-state index contributed by atoms with van der Waals surface area (Å²) in [5.41, 5.74) is 2.29. The fourth-order valence-corrected chi connectivity index (χ4v) is 1.63. The minimum Gasteiger partial charge on any atom is -0.383 e. The Morgan fingerprint density at radius 2 is 1.70 bits per heavy atom. The third-order valence-electron chi connectivity index (χ3n) is 2.74. The molecule has 20 heavy (non-hydrogen) atoms. The van der Waals surface area contributed by atoms with Crippen LogP contribution in [0.3, 0.4) is 0 Å². The van der Waals surface area contributed by atoms with Crippen LogP contribution in [0.2, 0.25) is 0 Å². The van der Waals surface area contributed by atoms with Crippen molar-refractivity contribution in [1.29, 1.82) is 0 Å². The lowest BCUT2D eigenvalue weighted by Crippen LogP contribution is -2.14. The van der Waals surface area contributed by atoms with Gasteiger partial charge < -0.3 is 24.4 Å². The van der Waals surface area contributed by atoms with Crippen LogP contribution < -0.4 is 10.2 Å². The molecule has 1 N–H and O–H groups in total. The predicted molar refractivity (Wildman–Crippen MR) is 82.8 cm³/mol. The highest BCUT2D eigenvalue weighted by Crippen LogP contribution is 2.16. The third kappa shape index (κ3) is 7.33. The molecular formula is C15H26N2O3. The van der Waals surface area contributed by atoms with Crippen molar-refractivity contribution in [3.63, 3.8) is 0 Å². The van der Waals surface area contributed by atoms with Gasteiger partial charge in [-0.05, 0) is 18.2 Å². The number of benzene rings is 1. The Morgan fingerprint density at radius 1 is 1.00 bits per heavy atom. The fraction of sp³-hybridized carbons (Fsp3) is 0.600. The van der Waals surface area contributed by atoms with Gasteiger partial charge in [0.25, 0.3) is 0 Å². The minimum absolute atomic E-state index is 0.611. The molecule has 0 aliphatic heterocycles. The number of anilines is 2. The molecule has 0 saturated carbocycles. The summed E-state index contributed by atoms with van der Waals surface area (Å²) in [7, 11) is 5.73. The number of hydrogen-bond acceptors (Lipinski definition) is 5. The first-order valence-electron chi connectivity index (χ1n) is 6.89. The van der Waals surface area contributed by atoms with Crippen molar-refractivity contribution in [2.75, 3.05) is 71.0 Å². The molecule has 0 saturated heterocycles. The van der Waals surface area contributed by atoms with Crippen LogP contribution in [0.5, 0.6) is 0 Å². The summed E-state index contributed by atoms with van der Waals surface area (Å²) in [5, 5.41) is 3.34. The van der Waals surface area contributed by atoms with Gasteiger partial charge in [-0.3, -0.25) is 0 Å². The van der Waals surface area contributed by atoms with Crippen LogP contribution in [0.4, 0.5) is 11.4 Å². The zero-order chi connectivity index (χ0) is 14.6. The maximum Gasteiger partial charge on any atom is 0.0701 e. The molecule has 1 aromatic carbocycles. The van der Waals surface area contributed by atoms with Gasteiger partial charge in [-0.15, -0.1) is 0 Å². The molecule has 5 heteroatoms. The van der Waals surface area contributed by atoms with E-state index in [-0.39, 0.29) is 0 Å². The van der Waals surface area contributed by atoms with Gasteiger partial charge >= 0.3 is 0 Å². The number of rotatable bonds is 11. The summed E-state index contributed by atoms with van der Waals surface area (Å²) in [6, 6.07) is 8.30. The van der Waals surface area contributed by atoms with E-state index in [1.54, 1.807) is 7.11 Å². The summed E-state index contributed by atoms with van der Waals surface area (Å²) >= 11 is 0. The first kappa shape index (κ1) is 16.8. The average Bonchev–Trinajstić information content (AvgIpc) is 2.46. The molecule has 5 nitrogen and oxygen atoms in total. The molecule has 0 amide bonds. The van der Waals surface area contributed by atoms with Gasteiger partial charge in [0.05, 0.1) is 33.0 Å². The number of ether oxygens (including phenoxy) is 3. The molecule has 114 valence electrons. The van der Waals surface area contributed by atoms with Crippen molar-refractivity contribution in [3.8, 4) is 0 Å². The lowest BCUT2D eigenvalue weighted by molar-refractivity contribution is 0.0272. The van der Waals surface area contributed by atoms with Crippen LogP contribution in [-0.2, 0) is 14.2 Å². The van der Waals surface area contributed by atoms with E-state index in [1.165, 1.54) is 5.69 Å². The van der Waals surface area contributed by atoms with Crippen molar-refractivity contribution in [2.45, 2.75) is 0 Å². The van der Waals surface area contributed by atoms with Crippen molar-refractivity contribution >= 4 is 11.4 Å². The van der Waals surface area contributed by atoms with Crippen LogP contribution in [-0.4, -0.2) is 60.8 Å². The largest absolute Gasteiger partial charge is 0.383 e. The maximum atomic E-state index is 5.47. The molecule has 1 aromatic rings. The SMILES string of the molecule is COCCOCCOCCNc1cccc(N(C)C)c1. The highest BCUT2D eigenvalue weighted by Gasteiger charge is 1.97. The molecule has 0 spiro atoms. The molecule has 0 unspecified atom stereocenters. The van der Waals surface area contributed by atoms with E-state index in [0.29, 0.717) is 33.0 Å². The van der Waals surface area contributed by atoms with Crippen LogP contribution >= 0.6 is 0 Å². The average molecular weight is 282 g/mol. The molecule has 1 rings (SSSR count). The lowest BCUT2D eigenvalue weighted by atomic mass is 10.2. The fourth-order valence-electron chi connectivity index (χ4n) is 1.63. The van der Waals surface area contributed by atoms with Gasteiger partial charge in [0.1, 0.15) is 0 Å². The second-order valence-corrected chi connectivity index (χ2v) is 4.59. The normalized spacial score (nSPS) is 10.6. The van der Waals surface area contributed by atoms with E-state index in [9.17, 15) is 0 Å². The summed E-state index contributed by atoms with van der Waals surface area (Å²) in [4.78, 5) is 2.08. The first-order chi connectivity index (χ1) is 9.74. The Kier molecular flexibility index (Phi) is 8.78. The molecule has 0 radical (unpaired) electrons. The molecule has 0 heterocycles. The Balaban J connectivity index is 2.05. The van der Waals surface area contributed by atoms with E-state index in [0.717, 1.165) is 12.2 Å². The van der Waals surface area contributed by atoms with Crippen LogP contribution in [0.25, 0.3) is 0 Å². The molecule has 0 fully saturated rings. The second kappa shape index (κ2) is 10.5. The minimum atomic E-state index is 0.611. The van der Waals surface area contributed by atoms with Gasteiger partial charge in [0, 0.05) is 39.1 Å². The summed E-state index contributed by atoms with van der Waals surface area (Å²) in [5.74, 6) is 0. The van der Waals surface area contributed by atoms with Crippen LogP contribution in [0.1, 0.15) is 0 Å². The third-order valence-corrected chi connectivity index (χ3v) is 2.74. The smallest absolute Gasteiger partial charge is 0.0701 e. The van der Waals surface area contributed by atoms with Gasteiger partial charge in [-0.1, -0.05) is 6.07 Å². The highest BCUT2D eigenvalue weighted by atomic mass is 16.5. The Bertz CT molecular complexity index is 359. The van der Waals surface area contributed by atoms with Crippen LogP contribution in [0, 0.1) is 0 Å². The quantitative estimate of drug-likeness (QED) is 0.627. The number of methoxy groups -OCH3 is 1. The van der Waals surface area contributed by atoms with E-state index in [1.807, 2.05) is 20.2 Å².